The zero-order chi connectivity index (χ0) is 26.2. The second-order valence-electron chi connectivity index (χ2n) is 7.00. The fourth-order valence-electron chi connectivity index (χ4n) is 2.99. The molecule has 1 N–H and O–H groups in total. The van der Waals surface area contributed by atoms with Crippen LogP contribution in [0.4, 0.5) is 17.1 Å². The molecule has 12 nitrogen and oxygen atoms in total. The molecule has 0 unspecified atom stereocenters. The van der Waals surface area contributed by atoms with Crippen LogP contribution in [0.25, 0.3) is 6.08 Å². The Morgan fingerprint density at radius 1 is 1.00 bits per heavy atom. The van der Waals surface area contributed by atoms with Crippen LogP contribution in [-0.4, -0.2) is 28.8 Å². The lowest BCUT2D eigenvalue weighted by Gasteiger charge is -2.09. The number of nitro groups is 2. The minimum absolute atomic E-state index is 0.118. The summed E-state index contributed by atoms with van der Waals surface area (Å²) in [6.45, 7) is 0. The van der Waals surface area contributed by atoms with E-state index in [4.69, 9.17) is 4.74 Å². The second-order valence-corrected chi connectivity index (χ2v) is 7.00. The number of esters is 1. The van der Waals surface area contributed by atoms with E-state index in [9.17, 15) is 35.1 Å². The molecule has 3 aromatic rings. The van der Waals surface area contributed by atoms with E-state index >= 15 is 0 Å². The highest BCUT2D eigenvalue weighted by Gasteiger charge is 2.21. The Labute approximate surface area is 203 Å². The second kappa shape index (κ2) is 11.0. The number of nitrogens with zero attached hydrogens (tertiary/aromatic N) is 3. The minimum atomic E-state index is -0.796. The number of hydrogen-bond acceptors (Lipinski definition) is 9. The van der Waals surface area contributed by atoms with Crippen molar-refractivity contribution < 1.29 is 28.9 Å². The molecule has 3 aromatic carbocycles. The van der Waals surface area contributed by atoms with Crippen molar-refractivity contribution in [1.82, 2.24) is 0 Å². The molecular weight excluding hydrogens is 472 g/mol. The van der Waals surface area contributed by atoms with E-state index in [-0.39, 0.29) is 28.3 Å². The molecule has 0 saturated carbocycles. The van der Waals surface area contributed by atoms with E-state index in [1.54, 1.807) is 18.2 Å². The van der Waals surface area contributed by atoms with Gasteiger partial charge in [0, 0.05) is 6.07 Å². The molecule has 0 aromatic heterocycles. The Morgan fingerprint density at radius 3 is 2.31 bits per heavy atom. The Morgan fingerprint density at radius 2 is 1.69 bits per heavy atom. The molecular formula is C24H16N4O8. The van der Waals surface area contributed by atoms with Crippen molar-refractivity contribution in [3.05, 3.63) is 104 Å². The van der Waals surface area contributed by atoms with Gasteiger partial charge in [0.15, 0.2) is 0 Å². The van der Waals surface area contributed by atoms with Gasteiger partial charge in [0.25, 0.3) is 11.6 Å². The highest BCUT2D eigenvalue weighted by molar-refractivity contribution is 6.12. The third-order valence-electron chi connectivity index (χ3n) is 4.71. The van der Waals surface area contributed by atoms with Gasteiger partial charge in [-0.2, -0.15) is 5.26 Å². The lowest BCUT2D eigenvalue weighted by Crippen LogP contribution is -2.16. The van der Waals surface area contributed by atoms with Crippen LogP contribution >= 0.6 is 0 Å². The topological polar surface area (TPSA) is 175 Å². The van der Waals surface area contributed by atoms with Crippen LogP contribution in [0.5, 0.6) is 11.5 Å². The summed E-state index contributed by atoms with van der Waals surface area (Å²) in [5.41, 5.74) is -0.561. The number of carbonyl (C=O) groups is 2. The third kappa shape index (κ3) is 5.86. The molecule has 0 fully saturated rings. The van der Waals surface area contributed by atoms with Crippen molar-refractivity contribution in [3.8, 4) is 17.6 Å². The van der Waals surface area contributed by atoms with Crippen molar-refractivity contribution in [2.45, 2.75) is 0 Å². The molecule has 0 aliphatic carbocycles. The van der Waals surface area contributed by atoms with Crippen LogP contribution in [0.1, 0.15) is 15.9 Å². The fourth-order valence-corrected chi connectivity index (χ4v) is 2.99. The summed E-state index contributed by atoms with van der Waals surface area (Å²) in [4.78, 5) is 45.1. The highest BCUT2D eigenvalue weighted by Crippen LogP contribution is 2.34. The first-order chi connectivity index (χ1) is 17.2. The third-order valence-corrected chi connectivity index (χ3v) is 4.71. The monoisotopic (exact) mass is 488 g/mol. The Hall–Kier alpha value is -5.57. The van der Waals surface area contributed by atoms with Gasteiger partial charge in [-0.15, -0.1) is 0 Å². The van der Waals surface area contributed by atoms with Crippen LogP contribution in [-0.2, 0) is 9.53 Å². The lowest BCUT2D eigenvalue weighted by molar-refractivity contribution is -0.394. The fraction of sp³-hybridized carbons (Fsp3) is 0.0417. The van der Waals surface area contributed by atoms with Gasteiger partial charge in [-0.05, 0) is 42.0 Å². The van der Waals surface area contributed by atoms with Crippen molar-refractivity contribution >= 4 is 35.0 Å². The van der Waals surface area contributed by atoms with E-state index in [0.29, 0.717) is 5.56 Å². The molecule has 0 aliphatic heterocycles. The van der Waals surface area contributed by atoms with Gasteiger partial charge in [-0.25, -0.2) is 4.79 Å². The maximum absolute atomic E-state index is 12.6. The largest absolute Gasteiger partial charge is 0.465 e. The van der Waals surface area contributed by atoms with Crippen molar-refractivity contribution in [2.75, 3.05) is 12.4 Å². The summed E-state index contributed by atoms with van der Waals surface area (Å²) in [5, 5.41) is 34.1. The summed E-state index contributed by atoms with van der Waals surface area (Å²) < 4.78 is 10.2. The number of amides is 1. The van der Waals surface area contributed by atoms with Gasteiger partial charge in [0.2, 0.25) is 5.75 Å². The average Bonchev–Trinajstić information content (AvgIpc) is 2.87. The average molecular weight is 488 g/mol. The van der Waals surface area contributed by atoms with Crippen molar-refractivity contribution in [1.29, 1.82) is 5.26 Å². The van der Waals surface area contributed by atoms with Crippen LogP contribution in [0, 0.1) is 31.6 Å². The number of ether oxygens (including phenoxy) is 2. The van der Waals surface area contributed by atoms with Gasteiger partial charge in [0.1, 0.15) is 17.4 Å². The number of nitrogens with one attached hydrogen (secondary N) is 1. The molecule has 0 aliphatic rings. The number of nitriles is 1. The summed E-state index contributed by atoms with van der Waals surface area (Å²) in [6.07, 6.45) is 1.30. The Kier molecular flexibility index (Phi) is 7.68. The van der Waals surface area contributed by atoms with E-state index in [0.717, 1.165) is 18.2 Å². The molecule has 180 valence electrons. The van der Waals surface area contributed by atoms with Gasteiger partial charge in [-0.1, -0.05) is 24.3 Å². The zero-order valence-electron chi connectivity index (χ0n) is 18.5. The quantitative estimate of drug-likeness (QED) is 0.156. The zero-order valence-corrected chi connectivity index (χ0v) is 18.5. The SMILES string of the molecule is COC(=O)c1ccccc1NC(=O)C(C#N)=Cc1ccc(Oc2ccc([N+](=O)[O-])cc2[N+](=O)[O-])cc1. The van der Waals surface area contributed by atoms with Crippen LogP contribution < -0.4 is 10.1 Å². The number of benzene rings is 3. The number of carbonyl (C=O) groups excluding carboxylic acids is 2. The maximum atomic E-state index is 12.6. The molecule has 0 atom stereocenters. The lowest BCUT2D eigenvalue weighted by atomic mass is 10.1. The number of nitro benzene ring substituents is 2. The molecule has 0 spiro atoms. The number of para-hydroxylation sites is 1. The minimum Gasteiger partial charge on any atom is -0.465 e. The van der Waals surface area contributed by atoms with Gasteiger partial charge >= 0.3 is 11.7 Å². The van der Waals surface area contributed by atoms with Crippen molar-refractivity contribution in [3.63, 3.8) is 0 Å². The molecule has 0 radical (unpaired) electrons. The predicted molar refractivity (Wildman–Crippen MR) is 126 cm³/mol. The molecule has 0 heterocycles. The molecule has 36 heavy (non-hydrogen) atoms. The van der Waals surface area contributed by atoms with Gasteiger partial charge in [0.05, 0.1) is 34.3 Å². The first-order valence-electron chi connectivity index (χ1n) is 10.0. The molecule has 3 rings (SSSR count). The molecule has 12 heteroatoms. The van der Waals surface area contributed by atoms with Gasteiger partial charge in [-0.3, -0.25) is 25.0 Å². The van der Waals surface area contributed by atoms with E-state index in [2.05, 4.69) is 10.1 Å². The highest BCUT2D eigenvalue weighted by atomic mass is 16.6. The van der Waals surface area contributed by atoms with E-state index in [1.807, 2.05) is 0 Å². The van der Waals surface area contributed by atoms with Crippen molar-refractivity contribution in [2.24, 2.45) is 0 Å². The smallest absolute Gasteiger partial charge is 0.339 e. The molecule has 0 saturated heterocycles. The van der Waals surface area contributed by atoms with Crippen LogP contribution in [0.15, 0.2) is 72.3 Å². The number of non-ortho nitro benzene ring substituents is 1. The molecule has 1 amide bonds. The summed E-state index contributed by atoms with van der Waals surface area (Å²) in [5.74, 6) is -1.43. The normalized spacial score (nSPS) is 10.6. The van der Waals surface area contributed by atoms with E-state index in [1.165, 1.54) is 49.6 Å². The number of hydrogen-bond donors (Lipinski definition) is 1. The number of methoxy groups -OCH3 is 1. The summed E-state index contributed by atoms with van der Waals surface area (Å²) >= 11 is 0. The van der Waals surface area contributed by atoms with Crippen LogP contribution in [0.2, 0.25) is 0 Å². The predicted octanol–water partition coefficient (Wildman–Crippen LogP) is 4.63. The first-order valence-corrected chi connectivity index (χ1v) is 10.0. The van der Waals surface area contributed by atoms with Gasteiger partial charge < -0.3 is 14.8 Å². The Balaban J connectivity index is 1.79. The summed E-state index contributed by atoms with van der Waals surface area (Å²) in [7, 11) is 1.20. The standard InChI is InChI=1S/C24H16N4O8/c1-35-24(30)19-4-2-3-5-20(19)26-23(29)16(14-25)12-15-6-9-18(10-7-15)36-22-11-8-17(27(31)32)13-21(22)28(33)34/h2-13H,1H3,(H,26,29). The molecule has 0 bridgehead atoms. The van der Waals surface area contributed by atoms with E-state index < -0.39 is 33.1 Å². The Bertz CT molecular complexity index is 1420. The number of anilines is 1. The van der Waals surface area contributed by atoms with Crippen LogP contribution in [0.3, 0.4) is 0 Å². The maximum Gasteiger partial charge on any atom is 0.339 e. The first kappa shape index (κ1) is 25.1. The number of rotatable bonds is 8. The summed E-state index contributed by atoms with van der Waals surface area (Å²) in [6, 6.07) is 16.8.